The monoisotopic (exact) mass is 338 g/mol. The molecule has 0 spiro atoms. The van der Waals surface area contributed by atoms with Gasteiger partial charge in [0.15, 0.2) is 0 Å². The Balaban J connectivity index is 1.94. The smallest absolute Gasteiger partial charge is 0.310 e. The zero-order valence-corrected chi connectivity index (χ0v) is 13.1. The van der Waals surface area contributed by atoms with Gasteiger partial charge < -0.3 is 9.84 Å². The second kappa shape index (κ2) is 5.06. The second-order valence-corrected chi connectivity index (χ2v) is 7.03. The van der Waals surface area contributed by atoms with Gasteiger partial charge in [-0.2, -0.15) is 0 Å². The number of fused-ring (bicyclic) bond motifs is 2. The van der Waals surface area contributed by atoms with Crippen LogP contribution in [0, 0.1) is 17.3 Å². The van der Waals surface area contributed by atoms with Gasteiger partial charge in [-0.3, -0.25) is 4.79 Å². The highest BCUT2D eigenvalue weighted by atomic mass is 79.9. The first-order valence-electron chi connectivity index (χ1n) is 7.11. The first kappa shape index (κ1) is 13.9. The molecule has 0 saturated heterocycles. The quantitative estimate of drug-likeness (QED) is 0.905. The Labute approximate surface area is 127 Å². The summed E-state index contributed by atoms with van der Waals surface area (Å²) in [7, 11) is 1.64. The molecule has 2 aliphatic rings. The molecule has 3 nitrogen and oxygen atoms in total. The molecule has 0 aliphatic heterocycles. The molecule has 0 aromatic heterocycles. The van der Waals surface area contributed by atoms with Gasteiger partial charge in [-0.15, -0.1) is 0 Å². The molecular weight excluding hydrogens is 320 g/mol. The van der Waals surface area contributed by atoms with Crippen LogP contribution in [0.5, 0.6) is 5.75 Å². The summed E-state index contributed by atoms with van der Waals surface area (Å²) in [6.07, 6.45) is 4.79. The summed E-state index contributed by atoms with van der Waals surface area (Å²) in [6.45, 7) is 0. The Kier molecular flexibility index (Phi) is 3.53. The SMILES string of the molecule is COc1ccc(Br)c(CC2(C(=O)O)CC3CCC2C3)c1. The topological polar surface area (TPSA) is 46.5 Å². The number of carboxylic acid groups (broad SMARTS) is 1. The molecule has 4 heteroatoms. The maximum Gasteiger partial charge on any atom is 0.310 e. The number of carboxylic acids is 1. The lowest BCUT2D eigenvalue weighted by atomic mass is 9.69. The Hall–Kier alpha value is -1.03. The number of methoxy groups -OCH3 is 1. The van der Waals surface area contributed by atoms with Crippen molar-refractivity contribution in [3.8, 4) is 5.75 Å². The van der Waals surface area contributed by atoms with E-state index in [2.05, 4.69) is 15.9 Å². The van der Waals surface area contributed by atoms with Gasteiger partial charge in [-0.25, -0.2) is 0 Å². The van der Waals surface area contributed by atoms with Crippen LogP contribution in [0.1, 0.15) is 31.2 Å². The fraction of sp³-hybridized carbons (Fsp3) is 0.562. The number of hydrogen-bond acceptors (Lipinski definition) is 2. The summed E-state index contributed by atoms with van der Waals surface area (Å²) in [6, 6.07) is 5.79. The predicted octanol–water partition coefficient (Wildman–Crippen LogP) is 3.89. The van der Waals surface area contributed by atoms with Gasteiger partial charge >= 0.3 is 5.97 Å². The van der Waals surface area contributed by atoms with Crippen molar-refractivity contribution < 1.29 is 14.6 Å². The zero-order chi connectivity index (χ0) is 14.3. The van der Waals surface area contributed by atoms with Gasteiger partial charge in [0.1, 0.15) is 5.75 Å². The second-order valence-electron chi connectivity index (χ2n) is 6.18. The number of halogens is 1. The third-order valence-electron chi connectivity index (χ3n) is 5.16. The van der Waals surface area contributed by atoms with E-state index in [9.17, 15) is 9.90 Å². The molecule has 0 amide bonds. The van der Waals surface area contributed by atoms with Crippen LogP contribution in [-0.4, -0.2) is 18.2 Å². The summed E-state index contributed by atoms with van der Waals surface area (Å²) < 4.78 is 6.24. The van der Waals surface area contributed by atoms with Gasteiger partial charge in [0.2, 0.25) is 0 Å². The van der Waals surface area contributed by atoms with Crippen LogP contribution in [0.15, 0.2) is 22.7 Å². The summed E-state index contributed by atoms with van der Waals surface area (Å²) >= 11 is 3.54. The lowest BCUT2D eigenvalue weighted by molar-refractivity contribution is -0.152. The molecule has 2 saturated carbocycles. The molecule has 3 unspecified atom stereocenters. The number of hydrogen-bond donors (Lipinski definition) is 1. The van der Waals surface area contributed by atoms with Crippen molar-refractivity contribution in [2.45, 2.75) is 32.1 Å². The van der Waals surface area contributed by atoms with Gasteiger partial charge in [0.25, 0.3) is 0 Å². The minimum absolute atomic E-state index is 0.336. The van der Waals surface area contributed by atoms with E-state index in [1.54, 1.807) is 7.11 Å². The lowest BCUT2D eigenvalue weighted by Gasteiger charge is -2.34. The van der Waals surface area contributed by atoms with Gasteiger partial charge in [0, 0.05) is 4.47 Å². The van der Waals surface area contributed by atoms with Crippen molar-refractivity contribution in [3.63, 3.8) is 0 Å². The first-order chi connectivity index (χ1) is 9.55. The summed E-state index contributed by atoms with van der Waals surface area (Å²) in [5.74, 6) is 1.11. The van der Waals surface area contributed by atoms with E-state index in [-0.39, 0.29) is 0 Å². The van der Waals surface area contributed by atoms with E-state index >= 15 is 0 Å². The summed E-state index contributed by atoms with van der Waals surface area (Å²) in [5, 5.41) is 9.82. The molecule has 3 rings (SSSR count). The Morgan fingerprint density at radius 2 is 2.30 bits per heavy atom. The standard InChI is InChI=1S/C16H19BrO3/c1-20-13-4-5-14(17)11(7-13)9-16(15(18)19)8-10-2-3-12(16)6-10/h4-5,7,10,12H,2-3,6,8-9H2,1H3,(H,18,19). The maximum absolute atomic E-state index is 11.9. The van der Waals surface area contributed by atoms with Crippen molar-refractivity contribution >= 4 is 21.9 Å². The Morgan fingerprint density at radius 1 is 1.50 bits per heavy atom. The highest BCUT2D eigenvalue weighted by Gasteiger charge is 2.55. The molecular formula is C16H19BrO3. The molecule has 1 aromatic rings. The van der Waals surface area contributed by atoms with E-state index < -0.39 is 11.4 Å². The van der Waals surface area contributed by atoms with Gasteiger partial charge in [-0.1, -0.05) is 22.4 Å². The average Bonchev–Trinajstić information content (AvgIpc) is 3.02. The molecule has 1 aromatic carbocycles. The molecule has 0 radical (unpaired) electrons. The van der Waals surface area contributed by atoms with Crippen LogP contribution in [0.25, 0.3) is 0 Å². The van der Waals surface area contributed by atoms with Crippen molar-refractivity contribution in [1.29, 1.82) is 0 Å². The minimum Gasteiger partial charge on any atom is -0.497 e. The van der Waals surface area contributed by atoms with Crippen molar-refractivity contribution in [3.05, 3.63) is 28.2 Å². The number of benzene rings is 1. The number of aliphatic carboxylic acids is 1. The van der Waals surface area contributed by atoms with Crippen molar-refractivity contribution in [2.24, 2.45) is 17.3 Å². The molecule has 108 valence electrons. The molecule has 1 N–H and O–H groups in total. The predicted molar refractivity (Wildman–Crippen MR) is 79.9 cm³/mol. The van der Waals surface area contributed by atoms with Gasteiger partial charge in [-0.05, 0) is 61.3 Å². The molecule has 2 bridgehead atoms. The molecule has 3 atom stereocenters. The van der Waals surface area contributed by atoms with Crippen LogP contribution in [-0.2, 0) is 11.2 Å². The van der Waals surface area contributed by atoms with E-state index in [1.165, 1.54) is 6.42 Å². The largest absolute Gasteiger partial charge is 0.497 e. The van der Waals surface area contributed by atoms with Crippen LogP contribution >= 0.6 is 15.9 Å². The van der Waals surface area contributed by atoms with Crippen LogP contribution < -0.4 is 4.74 Å². The van der Waals surface area contributed by atoms with Gasteiger partial charge in [0.05, 0.1) is 12.5 Å². The van der Waals surface area contributed by atoms with Crippen LogP contribution in [0.3, 0.4) is 0 Å². The number of rotatable bonds is 4. The summed E-state index contributed by atoms with van der Waals surface area (Å²) in [5.41, 5.74) is 0.469. The van der Waals surface area contributed by atoms with Crippen molar-refractivity contribution in [2.75, 3.05) is 7.11 Å². The van der Waals surface area contributed by atoms with E-state index in [1.807, 2.05) is 18.2 Å². The zero-order valence-electron chi connectivity index (χ0n) is 11.6. The molecule has 2 fully saturated rings. The normalized spacial score (nSPS) is 31.5. The Bertz CT molecular complexity index is 543. The molecule has 2 aliphatic carbocycles. The van der Waals surface area contributed by atoms with E-state index in [4.69, 9.17) is 4.74 Å². The first-order valence-corrected chi connectivity index (χ1v) is 7.90. The van der Waals surface area contributed by atoms with Crippen LogP contribution in [0.2, 0.25) is 0 Å². The highest BCUT2D eigenvalue weighted by molar-refractivity contribution is 9.10. The van der Waals surface area contributed by atoms with Crippen LogP contribution in [0.4, 0.5) is 0 Å². The highest BCUT2D eigenvalue weighted by Crippen LogP contribution is 2.57. The maximum atomic E-state index is 11.9. The minimum atomic E-state index is -0.626. The Morgan fingerprint density at radius 3 is 2.85 bits per heavy atom. The van der Waals surface area contributed by atoms with Crippen molar-refractivity contribution in [1.82, 2.24) is 0 Å². The average molecular weight is 339 g/mol. The van der Waals surface area contributed by atoms with E-state index in [0.29, 0.717) is 18.3 Å². The molecule has 0 heterocycles. The third kappa shape index (κ3) is 2.14. The fourth-order valence-electron chi connectivity index (χ4n) is 4.15. The molecule has 20 heavy (non-hydrogen) atoms. The lowest BCUT2D eigenvalue weighted by Crippen LogP contribution is -2.38. The fourth-order valence-corrected chi connectivity index (χ4v) is 4.54. The summed E-state index contributed by atoms with van der Waals surface area (Å²) in [4.78, 5) is 11.9. The third-order valence-corrected chi connectivity index (χ3v) is 5.93. The van der Waals surface area contributed by atoms with E-state index in [0.717, 1.165) is 35.0 Å². The number of carbonyl (C=O) groups is 1. The number of ether oxygens (including phenoxy) is 1.